The highest BCUT2D eigenvalue weighted by atomic mass is 28.3. The van der Waals surface area contributed by atoms with Gasteiger partial charge in [0.25, 0.3) is 0 Å². The van der Waals surface area contributed by atoms with Crippen LogP contribution >= 0.6 is 0 Å². The fourth-order valence-corrected chi connectivity index (χ4v) is 4.47. The molecule has 1 heterocycles. The van der Waals surface area contributed by atoms with E-state index in [-0.39, 0.29) is 24.0 Å². The highest BCUT2D eigenvalue weighted by molar-refractivity contribution is 6.48. The standard InChI is InChI=1S/C19H32NO2Si/c1-7-20-12-11-14(13-21)15-9-8-10-16(17(15)20)18(19(2,3)4)22-23(5)6/h8-10,14,18,21H,7,11-13H2,1-6H3. The maximum atomic E-state index is 9.79. The Labute approximate surface area is 143 Å². The molecular formula is C19H32NO2Si. The van der Waals surface area contributed by atoms with E-state index in [1.807, 2.05) is 0 Å². The van der Waals surface area contributed by atoms with Gasteiger partial charge in [-0.3, -0.25) is 0 Å². The van der Waals surface area contributed by atoms with E-state index < -0.39 is 9.04 Å². The topological polar surface area (TPSA) is 32.7 Å². The number of fused-ring (bicyclic) bond motifs is 1. The molecule has 0 bridgehead atoms. The normalized spacial score (nSPS) is 19.8. The molecule has 1 radical (unpaired) electrons. The Morgan fingerprint density at radius 3 is 2.57 bits per heavy atom. The minimum Gasteiger partial charge on any atom is -0.410 e. The van der Waals surface area contributed by atoms with Crippen LogP contribution in [0.2, 0.25) is 13.1 Å². The summed E-state index contributed by atoms with van der Waals surface area (Å²) in [5.41, 5.74) is 3.93. The van der Waals surface area contributed by atoms with E-state index in [2.05, 4.69) is 63.9 Å². The second-order valence-electron chi connectivity index (χ2n) is 7.81. The van der Waals surface area contributed by atoms with Crippen molar-refractivity contribution < 1.29 is 9.53 Å². The highest BCUT2D eigenvalue weighted by Crippen LogP contribution is 2.45. The van der Waals surface area contributed by atoms with E-state index in [9.17, 15) is 5.11 Å². The maximum Gasteiger partial charge on any atom is 0.205 e. The van der Waals surface area contributed by atoms with E-state index in [0.717, 1.165) is 19.5 Å². The molecule has 1 aliphatic rings. The van der Waals surface area contributed by atoms with Crippen LogP contribution in [0.25, 0.3) is 0 Å². The molecule has 1 aromatic carbocycles. The van der Waals surface area contributed by atoms with Crippen molar-refractivity contribution in [1.82, 2.24) is 0 Å². The quantitative estimate of drug-likeness (QED) is 0.813. The molecule has 0 fully saturated rings. The third kappa shape index (κ3) is 3.98. The molecule has 0 saturated heterocycles. The highest BCUT2D eigenvalue weighted by Gasteiger charge is 2.34. The molecule has 2 atom stereocenters. The van der Waals surface area contributed by atoms with E-state index >= 15 is 0 Å². The van der Waals surface area contributed by atoms with Crippen molar-refractivity contribution in [3.63, 3.8) is 0 Å². The molecule has 129 valence electrons. The number of para-hydroxylation sites is 1. The van der Waals surface area contributed by atoms with Gasteiger partial charge in [-0.15, -0.1) is 0 Å². The Hall–Kier alpha value is -0.843. The van der Waals surface area contributed by atoms with Crippen LogP contribution in [0.4, 0.5) is 5.69 Å². The second kappa shape index (κ2) is 7.37. The smallest absolute Gasteiger partial charge is 0.205 e. The fraction of sp³-hybridized carbons (Fsp3) is 0.684. The number of aliphatic hydroxyl groups excluding tert-OH is 1. The number of aliphatic hydroxyl groups is 1. The Kier molecular flexibility index (Phi) is 5.92. The van der Waals surface area contributed by atoms with Crippen LogP contribution in [0.3, 0.4) is 0 Å². The van der Waals surface area contributed by atoms with Crippen LogP contribution in [0.1, 0.15) is 57.3 Å². The van der Waals surface area contributed by atoms with Gasteiger partial charge in [0.2, 0.25) is 9.04 Å². The van der Waals surface area contributed by atoms with E-state index in [4.69, 9.17) is 4.43 Å². The van der Waals surface area contributed by atoms with Crippen molar-refractivity contribution in [2.75, 3.05) is 24.6 Å². The van der Waals surface area contributed by atoms with Crippen LogP contribution in [0, 0.1) is 5.41 Å². The molecule has 2 unspecified atom stereocenters. The third-order valence-electron chi connectivity index (χ3n) is 4.63. The zero-order valence-corrected chi connectivity index (χ0v) is 16.5. The van der Waals surface area contributed by atoms with Gasteiger partial charge in [-0.25, -0.2) is 0 Å². The largest absolute Gasteiger partial charge is 0.410 e. The maximum absolute atomic E-state index is 9.79. The van der Waals surface area contributed by atoms with Gasteiger partial charge in [-0.1, -0.05) is 39.0 Å². The first-order valence-corrected chi connectivity index (χ1v) is 11.2. The lowest BCUT2D eigenvalue weighted by atomic mass is 9.80. The molecule has 0 aromatic heterocycles. The van der Waals surface area contributed by atoms with Crippen molar-refractivity contribution in [2.24, 2.45) is 5.41 Å². The van der Waals surface area contributed by atoms with Crippen molar-refractivity contribution in [2.45, 2.75) is 59.2 Å². The summed E-state index contributed by atoms with van der Waals surface area (Å²) in [7, 11) is -0.799. The van der Waals surface area contributed by atoms with Gasteiger partial charge in [-0.05, 0) is 37.4 Å². The zero-order chi connectivity index (χ0) is 17.2. The lowest BCUT2D eigenvalue weighted by molar-refractivity contribution is 0.0867. The Morgan fingerprint density at radius 2 is 2.04 bits per heavy atom. The summed E-state index contributed by atoms with van der Waals surface area (Å²) in [6.45, 7) is 15.6. The molecule has 1 aromatic rings. The number of anilines is 1. The number of hydrogen-bond donors (Lipinski definition) is 1. The van der Waals surface area contributed by atoms with Crippen LogP contribution < -0.4 is 4.90 Å². The summed E-state index contributed by atoms with van der Waals surface area (Å²) in [6, 6.07) is 6.54. The predicted molar refractivity (Wildman–Crippen MR) is 99.5 cm³/mol. The van der Waals surface area contributed by atoms with E-state index in [0.29, 0.717) is 0 Å². The van der Waals surface area contributed by atoms with Gasteiger partial charge < -0.3 is 14.4 Å². The van der Waals surface area contributed by atoms with Gasteiger partial charge in [-0.2, -0.15) is 0 Å². The average molecular weight is 335 g/mol. The van der Waals surface area contributed by atoms with E-state index in [1.54, 1.807) is 0 Å². The van der Waals surface area contributed by atoms with E-state index in [1.165, 1.54) is 16.8 Å². The summed E-state index contributed by atoms with van der Waals surface area (Å²) in [5, 5.41) is 9.79. The summed E-state index contributed by atoms with van der Waals surface area (Å²) < 4.78 is 6.44. The lowest BCUT2D eigenvalue weighted by Gasteiger charge is -2.41. The van der Waals surface area contributed by atoms with Crippen LogP contribution in [-0.2, 0) is 4.43 Å². The number of rotatable bonds is 5. The first kappa shape index (κ1) is 18.5. The molecule has 0 amide bonds. The molecule has 3 nitrogen and oxygen atoms in total. The van der Waals surface area contributed by atoms with Crippen molar-refractivity contribution >= 4 is 14.7 Å². The first-order chi connectivity index (χ1) is 10.8. The number of benzene rings is 1. The van der Waals surface area contributed by atoms with Crippen LogP contribution in [0.15, 0.2) is 18.2 Å². The van der Waals surface area contributed by atoms with Crippen molar-refractivity contribution in [3.8, 4) is 0 Å². The number of nitrogens with zero attached hydrogens (tertiary/aromatic N) is 1. The van der Waals surface area contributed by atoms with Gasteiger partial charge in [0, 0.05) is 30.3 Å². The molecule has 0 spiro atoms. The average Bonchev–Trinajstić information content (AvgIpc) is 2.49. The molecule has 2 rings (SSSR count). The van der Waals surface area contributed by atoms with Gasteiger partial charge in [0.05, 0.1) is 12.7 Å². The summed E-state index contributed by atoms with van der Waals surface area (Å²) >= 11 is 0. The summed E-state index contributed by atoms with van der Waals surface area (Å²) in [4.78, 5) is 2.46. The molecule has 1 aliphatic heterocycles. The van der Waals surface area contributed by atoms with Gasteiger partial charge in [0.1, 0.15) is 0 Å². The second-order valence-corrected chi connectivity index (χ2v) is 9.86. The minimum atomic E-state index is -0.799. The lowest BCUT2D eigenvalue weighted by Crippen LogP contribution is -2.35. The summed E-state index contributed by atoms with van der Waals surface area (Å²) in [6.07, 6.45) is 1.12. The van der Waals surface area contributed by atoms with Crippen molar-refractivity contribution in [1.29, 1.82) is 0 Å². The molecular weight excluding hydrogens is 302 g/mol. The molecule has 4 heteroatoms. The van der Waals surface area contributed by atoms with Crippen LogP contribution in [0.5, 0.6) is 0 Å². The van der Waals surface area contributed by atoms with Crippen LogP contribution in [-0.4, -0.2) is 33.8 Å². The fourth-order valence-electron chi connectivity index (χ4n) is 3.51. The van der Waals surface area contributed by atoms with Crippen molar-refractivity contribution in [3.05, 3.63) is 29.3 Å². The number of hydrogen-bond acceptors (Lipinski definition) is 3. The third-order valence-corrected chi connectivity index (χ3v) is 5.33. The Bertz CT molecular complexity index is 525. The SMILES string of the molecule is CCN1CCC(CO)c2cccc(C(O[Si](C)C)C(C)(C)C)c21. The minimum absolute atomic E-state index is 0.0443. The predicted octanol–water partition coefficient (Wildman–Crippen LogP) is 4.35. The summed E-state index contributed by atoms with van der Waals surface area (Å²) in [5.74, 6) is 0.251. The zero-order valence-electron chi connectivity index (χ0n) is 15.5. The Balaban J connectivity index is 2.57. The monoisotopic (exact) mass is 334 g/mol. The Morgan fingerprint density at radius 1 is 1.35 bits per heavy atom. The molecule has 1 N–H and O–H groups in total. The first-order valence-electron chi connectivity index (χ1n) is 8.75. The molecule has 0 saturated carbocycles. The van der Waals surface area contributed by atoms with Gasteiger partial charge in [0.15, 0.2) is 0 Å². The molecule has 23 heavy (non-hydrogen) atoms. The molecule has 0 aliphatic carbocycles. The van der Waals surface area contributed by atoms with Gasteiger partial charge >= 0.3 is 0 Å².